The van der Waals surface area contributed by atoms with E-state index in [2.05, 4.69) is 5.43 Å². The van der Waals surface area contributed by atoms with Gasteiger partial charge in [-0.2, -0.15) is 0 Å². The Bertz CT molecular complexity index is 473. The minimum Gasteiger partial charge on any atom is -0.494 e. The molecule has 1 fully saturated rings. The zero-order valence-corrected chi connectivity index (χ0v) is 10.8. The van der Waals surface area contributed by atoms with Crippen LogP contribution in [0.4, 0.5) is 5.69 Å². The van der Waals surface area contributed by atoms with Gasteiger partial charge in [0.2, 0.25) is 11.8 Å². The maximum absolute atomic E-state index is 11.9. The molecule has 0 saturated carbocycles. The minimum atomic E-state index is -0.385. The summed E-state index contributed by atoms with van der Waals surface area (Å²) in [6.45, 7) is 2.87. The van der Waals surface area contributed by atoms with Crippen LogP contribution in [0.2, 0.25) is 0 Å². The van der Waals surface area contributed by atoms with Gasteiger partial charge in [0.05, 0.1) is 12.5 Å². The van der Waals surface area contributed by atoms with E-state index in [1.54, 1.807) is 4.90 Å². The molecule has 0 unspecified atom stereocenters. The molecule has 1 aromatic rings. The zero-order chi connectivity index (χ0) is 13.8. The summed E-state index contributed by atoms with van der Waals surface area (Å²) >= 11 is 0. The van der Waals surface area contributed by atoms with Crippen LogP contribution in [-0.4, -0.2) is 25.0 Å². The number of hydrazine groups is 1. The Kier molecular flexibility index (Phi) is 4.01. The molecular weight excluding hydrogens is 246 g/mol. The van der Waals surface area contributed by atoms with E-state index < -0.39 is 0 Å². The molecule has 0 radical (unpaired) electrons. The molecule has 3 N–H and O–H groups in total. The van der Waals surface area contributed by atoms with Gasteiger partial charge in [-0.15, -0.1) is 0 Å². The molecule has 0 bridgehead atoms. The summed E-state index contributed by atoms with van der Waals surface area (Å²) in [6, 6.07) is 7.24. The number of amides is 2. The number of benzene rings is 1. The molecule has 2 rings (SSSR count). The van der Waals surface area contributed by atoms with Crippen molar-refractivity contribution in [2.24, 2.45) is 11.8 Å². The SMILES string of the molecule is CCOc1ccc(N2C[C@H](C(=O)NN)CC2=O)cc1. The number of nitrogens with two attached hydrogens (primary N) is 1. The Morgan fingerprint density at radius 1 is 1.47 bits per heavy atom. The molecule has 1 saturated heterocycles. The van der Waals surface area contributed by atoms with Crippen LogP contribution in [0.15, 0.2) is 24.3 Å². The lowest BCUT2D eigenvalue weighted by Gasteiger charge is -2.16. The van der Waals surface area contributed by atoms with Crippen LogP contribution in [0.25, 0.3) is 0 Å². The Labute approximate surface area is 111 Å². The number of ether oxygens (including phenoxy) is 1. The summed E-state index contributed by atoms with van der Waals surface area (Å²) in [5, 5.41) is 0. The van der Waals surface area contributed by atoms with Gasteiger partial charge in [0.15, 0.2) is 0 Å². The first-order valence-electron chi connectivity index (χ1n) is 6.19. The molecule has 1 aliphatic rings. The highest BCUT2D eigenvalue weighted by Crippen LogP contribution is 2.26. The van der Waals surface area contributed by atoms with Crippen molar-refractivity contribution in [1.82, 2.24) is 5.43 Å². The van der Waals surface area contributed by atoms with Crippen LogP contribution >= 0.6 is 0 Å². The molecule has 0 aliphatic carbocycles. The van der Waals surface area contributed by atoms with E-state index >= 15 is 0 Å². The van der Waals surface area contributed by atoms with Crippen LogP contribution in [0.5, 0.6) is 5.75 Å². The second-order valence-corrected chi connectivity index (χ2v) is 4.34. The average Bonchev–Trinajstić information content (AvgIpc) is 2.81. The number of hydrogen-bond donors (Lipinski definition) is 2. The second kappa shape index (κ2) is 5.71. The van der Waals surface area contributed by atoms with Crippen molar-refractivity contribution < 1.29 is 14.3 Å². The first-order valence-corrected chi connectivity index (χ1v) is 6.19. The number of hydrogen-bond acceptors (Lipinski definition) is 4. The predicted octanol–water partition coefficient (Wildman–Crippen LogP) is 0.428. The Hall–Kier alpha value is -2.08. The molecule has 19 heavy (non-hydrogen) atoms. The zero-order valence-electron chi connectivity index (χ0n) is 10.8. The van der Waals surface area contributed by atoms with E-state index in [1.807, 2.05) is 31.2 Å². The van der Waals surface area contributed by atoms with Crippen LogP contribution in [0.1, 0.15) is 13.3 Å². The number of rotatable bonds is 4. The summed E-state index contributed by atoms with van der Waals surface area (Å²) in [6.07, 6.45) is 0.191. The van der Waals surface area contributed by atoms with Gasteiger partial charge in [0, 0.05) is 18.7 Å². The fourth-order valence-corrected chi connectivity index (χ4v) is 2.14. The maximum atomic E-state index is 11.9. The van der Waals surface area contributed by atoms with Crippen molar-refractivity contribution in [2.45, 2.75) is 13.3 Å². The highest BCUT2D eigenvalue weighted by atomic mass is 16.5. The highest BCUT2D eigenvalue weighted by Gasteiger charge is 2.34. The molecule has 1 aromatic carbocycles. The largest absolute Gasteiger partial charge is 0.494 e. The normalized spacial score (nSPS) is 18.5. The fraction of sp³-hybridized carbons (Fsp3) is 0.385. The molecule has 102 valence electrons. The first kappa shape index (κ1) is 13.4. The maximum Gasteiger partial charge on any atom is 0.239 e. The monoisotopic (exact) mass is 263 g/mol. The summed E-state index contributed by atoms with van der Waals surface area (Å²) in [7, 11) is 0. The highest BCUT2D eigenvalue weighted by molar-refractivity contribution is 6.00. The van der Waals surface area contributed by atoms with E-state index in [9.17, 15) is 9.59 Å². The summed E-state index contributed by atoms with van der Waals surface area (Å²) in [5.41, 5.74) is 2.85. The quantitative estimate of drug-likeness (QED) is 0.468. The second-order valence-electron chi connectivity index (χ2n) is 4.34. The number of nitrogens with one attached hydrogen (secondary N) is 1. The first-order chi connectivity index (χ1) is 9.15. The third-order valence-electron chi connectivity index (χ3n) is 3.10. The third-order valence-corrected chi connectivity index (χ3v) is 3.10. The van der Waals surface area contributed by atoms with Gasteiger partial charge in [0.25, 0.3) is 0 Å². The van der Waals surface area contributed by atoms with E-state index in [0.717, 1.165) is 11.4 Å². The van der Waals surface area contributed by atoms with Gasteiger partial charge < -0.3 is 9.64 Å². The van der Waals surface area contributed by atoms with Gasteiger partial charge in [-0.25, -0.2) is 5.84 Å². The van der Waals surface area contributed by atoms with Crippen LogP contribution in [-0.2, 0) is 9.59 Å². The van der Waals surface area contributed by atoms with Gasteiger partial charge in [-0.3, -0.25) is 15.0 Å². The van der Waals surface area contributed by atoms with Gasteiger partial charge in [-0.05, 0) is 31.2 Å². The topological polar surface area (TPSA) is 84.7 Å². The van der Waals surface area contributed by atoms with E-state index in [-0.39, 0.29) is 24.2 Å². The minimum absolute atomic E-state index is 0.0715. The Morgan fingerprint density at radius 2 is 2.16 bits per heavy atom. The van der Waals surface area contributed by atoms with Crippen LogP contribution in [0, 0.1) is 5.92 Å². The van der Waals surface area contributed by atoms with Gasteiger partial charge in [0.1, 0.15) is 5.75 Å². The van der Waals surface area contributed by atoms with E-state index in [1.165, 1.54) is 0 Å². The van der Waals surface area contributed by atoms with Gasteiger partial charge >= 0.3 is 0 Å². The molecule has 2 amide bonds. The fourth-order valence-electron chi connectivity index (χ4n) is 2.14. The Morgan fingerprint density at radius 3 is 2.74 bits per heavy atom. The average molecular weight is 263 g/mol. The van der Waals surface area contributed by atoms with Crippen molar-refractivity contribution in [3.8, 4) is 5.75 Å². The van der Waals surface area contributed by atoms with Crippen molar-refractivity contribution in [3.05, 3.63) is 24.3 Å². The molecule has 6 heteroatoms. The summed E-state index contributed by atoms with van der Waals surface area (Å²) in [5.74, 6) is 5.09. The van der Waals surface area contributed by atoms with Crippen molar-refractivity contribution >= 4 is 17.5 Å². The molecule has 6 nitrogen and oxygen atoms in total. The summed E-state index contributed by atoms with van der Waals surface area (Å²) < 4.78 is 5.34. The lowest BCUT2D eigenvalue weighted by atomic mass is 10.1. The molecule has 0 aromatic heterocycles. The molecule has 1 atom stereocenters. The molecule has 1 heterocycles. The summed E-state index contributed by atoms with van der Waals surface area (Å²) in [4.78, 5) is 24.9. The molecule has 0 spiro atoms. The van der Waals surface area contributed by atoms with Crippen molar-refractivity contribution in [1.29, 1.82) is 0 Å². The standard InChI is InChI=1S/C13H17N3O3/c1-2-19-11-5-3-10(4-6-11)16-8-9(7-12(16)17)13(18)15-14/h3-6,9H,2,7-8,14H2,1H3,(H,15,18)/t9-/m1/s1. The third kappa shape index (κ3) is 2.85. The smallest absolute Gasteiger partial charge is 0.239 e. The molecular formula is C13H17N3O3. The lowest BCUT2D eigenvalue weighted by molar-refractivity contribution is -0.126. The number of anilines is 1. The van der Waals surface area contributed by atoms with Crippen molar-refractivity contribution in [3.63, 3.8) is 0 Å². The molecule has 1 aliphatic heterocycles. The number of nitrogens with zero attached hydrogens (tertiary/aromatic N) is 1. The van der Waals surface area contributed by atoms with E-state index in [4.69, 9.17) is 10.6 Å². The van der Waals surface area contributed by atoms with Crippen molar-refractivity contribution in [2.75, 3.05) is 18.1 Å². The predicted molar refractivity (Wildman–Crippen MR) is 70.4 cm³/mol. The van der Waals surface area contributed by atoms with E-state index in [0.29, 0.717) is 13.2 Å². The lowest BCUT2D eigenvalue weighted by Crippen LogP contribution is -2.37. The van der Waals surface area contributed by atoms with Crippen LogP contribution in [0.3, 0.4) is 0 Å². The number of carbonyl (C=O) groups is 2. The van der Waals surface area contributed by atoms with Gasteiger partial charge in [-0.1, -0.05) is 0 Å². The van der Waals surface area contributed by atoms with Crippen LogP contribution < -0.4 is 20.9 Å². The number of carbonyl (C=O) groups excluding carboxylic acids is 2. The Balaban J connectivity index is 2.09.